The van der Waals surface area contributed by atoms with Crippen LogP contribution in [0.4, 0.5) is 10.5 Å². The van der Waals surface area contributed by atoms with E-state index >= 15 is 0 Å². The quantitative estimate of drug-likeness (QED) is 0.857. The van der Waals surface area contributed by atoms with Gasteiger partial charge in [0.15, 0.2) is 0 Å². The van der Waals surface area contributed by atoms with Crippen molar-refractivity contribution < 1.29 is 19.1 Å². The number of imide groups is 1. The second-order valence-corrected chi connectivity index (χ2v) is 6.16. The molecule has 0 bridgehead atoms. The lowest BCUT2D eigenvalue weighted by Gasteiger charge is -2.36. The van der Waals surface area contributed by atoms with E-state index in [1.54, 1.807) is 24.0 Å². The number of carbonyl (C=O) groups excluding carboxylic acids is 3. The zero-order valence-corrected chi connectivity index (χ0v) is 13.7. The van der Waals surface area contributed by atoms with Crippen LogP contribution in [0.1, 0.15) is 26.2 Å². The number of hydrazine groups is 1. The molecule has 7 heteroatoms. The van der Waals surface area contributed by atoms with Crippen molar-refractivity contribution in [1.29, 1.82) is 0 Å². The summed E-state index contributed by atoms with van der Waals surface area (Å²) in [4.78, 5) is 38.5. The number of carbonyl (C=O) groups is 3. The predicted molar refractivity (Wildman–Crippen MR) is 86.8 cm³/mol. The largest absolute Gasteiger partial charge is 0.450 e. The smallest absolute Gasteiger partial charge is 0.409 e. The Morgan fingerprint density at radius 3 is 2.50 bits per heavy atom. The Hall–Kier alpha value is -2.57. The summed E-state index contributed by atoms with van der Waals surface area (Å²) in [7, 11) is 0. The molecular formula is C17H21N3O4. The van der Waals surface area contributed by atoms with Crippen LogP contribution in [0.3, 0.4) is 0 Å². The van der Waals surface area contributed by atoms with Gasteiger partial charge in [0.25, 0.3) is 5.91 Å². The van der Waals surface area contributed by atoms with Crippen LogP contribution in [0, 0.1) is 5.41 Å². The second kappa shape index (κ2) is 6.51. The maximum Gasteiger partial charge on any atom is 0.409 e. The van der Waals surface area contributed by atoms with Crippen LogP contribution in [-0.2, 0) is 14.3 Å². The third kappa shape index (κ3) is 2.93. The Morgan fingerprint density at radius 1 is 1.21 bits per heavy atom. The van der Waals surface area contributed by atoms with Crippen molar-refractivity contribution in [2.75, 3.05) is 25.1 Å². The number of ether oxygens (including phenoxy) is 1. The van der Waals surface area contributed by atoms with E-state index in [4.69, 9.17) is 4.74 Å². The molecule has 1 spiro atoms. The van der Waals surface area contributed by atoms with Crippen LogP contribution >= 0.6 is 0 Å². The maximum absolute atomic E-state index is 12.8. The molecule has 2 saturated heterocycles. The summed E-state index contributed by atoms with van der Waals surface area (Å²) < 4.78 is 4.99. The molecule has 3 amide bonds. The highest BCUT2D eigenvalue weighted by Gasteiger charge is 2.53. The Morgan fingerprint density at radius 2 is 1.88 bits per heavy atom. The normalized spacial score (nSPS) is 19.7. The second-order valence-electron chi connectivity index (χ2n) is 6.16. The average molecular weight is 331 g/mol. The van der Waals surface area contributed by atoms with Gasteiger partial charge in [-0.1, -0.05) is 18.2 Å². The molecule has 7 nitrogen and oxygen atoms in total. The zero-order chi connectivity index (χ0) is 17.2. The number of rotatable bonds is 3. The lowest BCUT2D eigenvalue weighted by atomic mass is 9.77. The van der Waals surface area contributed by atoms with Gasteiger partial charge in [0.05, 0.1) is 17.7 Å². The number of likely N-dealkylation sites (tertiary alicyclic amines) is 1. The number of nitrogens with zero attached hydrogens (tertiary/aromatic N) is 2. The molecule has 128 valence electrons. The molecule has 0 saturated carbocycles. The van der Waals surface area contributed by atoms with Gasteiger partial charge in [-0.05, 0) is 31.9 Å². The van der Waals surface area contributed by atoms with Crippen molar-refractivity contribution in [3.05, 3.63) is 30.3 Å². The van der Waals surface area contributed by atoms with E-state index in [1.807, 2.05) is 18.2 Å². The summed E-state index contributed by atoms with van der Waals surface area (Å²) in [5.41, 5.74) is 2.88. The standard InChI is InChI=1S/C17H21N3O4/c1-2-24-16(23)19-10-8-17(9-11-19)12-14(21)20(15(17)22)18-13-6-4-3-5-7-13/h3-7,18H,2,8-12H2,1H3. The summed E-state index contributed by atoms with van der Waals surface area (Å²) in [5, 5.41) is 1.12. The van der Waals surface area contributed by atoms with Crippen molar-refractivity contribution >= 4 is 23.6 Å². The molecule has 2 aliphatic heterocycles. The van der Waals surface area contributed by atoms with Crippen molar-refractivity contribution in [3.8, 4) is 0 Å². The fraction of sp³-hybridized carbons (Fsp3) is 0.471. The minimum absolute atomic E-state index is 0.183. The Kier molecular flexibility index (Phi) is 4.42. The van der Waals surface area contributed by atoms with E-state index in [9.17, 15) is 14.4 Å². The van der Waals surface area contributed by atoms with Crippen LogP contribution < -0.4 is 5.43 Å². The van der Waals surface area contributed by atoms with Crippen LogP contribution in [-0.4, -0.2) is 47.5 Å². The molecule has 2 fully saturated rings. The van der Waals surface area contributed by atoms with E-state index in [0.717, 1.165) is 5.01 Å². The summed E-state index contributed by atoms with van der Waals surface area (Å²) in [6.07, 6.45) is 0.776. The number of para-hydroxylation sites is 1. The first kappa shape index (κ1) is 16.3. The highest BCUT2D eigenvalue weighted by atomic mass is 16.6. The maximum atomic E-state index is 12.8. The van der Waals surface area contributed by atoms with Crippen molar-refractivity contribution in [3.63, 3.8) is 0 Å². The molecule has 1 aromatic rings. The molecule has 2 heterocycles. The SMILES string of the molecule is CCOC(=O)N1CCC2(CC1)CC(=O)N(Nc1ccccc1)C2=O. The molecular weight excluding hydrogens is 310 g/mol. The number of hydrogen-bond acceptors (Lipinski definition) is 5. The van der Waals surface area contributed by atoms with E-state index in [-0.39, 0.29) is 24.3 Å². The molecule has 0 atom stereocenters. The van der Waals surface area contributed by atoms with Crippen LogP contribution in [0.15, 0.2) is 30.3 Å². The van der Waals surface area contributed by atoms with Gasteiger partial charge >= 0.3 is 6.09 Å². The topological polar surface area (TPSA) is 79.0 Å². The molecule has 3 rings (SSSR count). The first-order valence-electron chi connectivity index (χ1n) is 8.16. The average Bonchev–Trinajstić information content (AvgIpc) is 2.81. The summed E-state index contributed by atoms with van der Waals surface area (Å²) >= 11 is 0. The van der Waals surface area contributed by atoms with Crippen molar-refractivity contribution in [2.24, 2.45) is 5.41 Å². The van der Waals surface area contributed by atoms with Gasteiger partial charge in [0.1, 0.15) is 0 Å². The molecule has 0 unspecified atom stereocenters. The van der Waals surface area contributed by atoms with Crippen molar-refractivity contribution in [2.45, 2.75) is 26.2 Å². The molecule has 24 heavy (non-hydrogen) atoms. The minimum atomic E-state index is -0.706. The van der Waals surface area contributed by atoms with Gasteiger partial charge in [0, 0.05) is 19.5 Å². The van der Waals surface area contributed by atoms with E-state index in [1.165, 1.54) is 0 Å². The molecule has 0 aliphatic carbocycles. The van der Waals surface area contributed by atoms with Gasteiger partial charge in [-0.2, -0.15) is 5.01 Å². The number of amides is 3. The highest BCUT2D eigenvalue weighted by Crippen LogP contribution is 2.42. The summed E-state index contributed by atoms with van der Waals surface area (Å²) in [6, 6.07) is 9.14. The molecule has 1 N–H and O–H groups in total. The molecule has 0 aromatic heterocycles. The Balaban J connectivity index is 1.67. The number of hydrogen-bond donors (Lipinski definition) is 1. The highest BCUT2D eigenvalue weighted by molar-refractivity contribution is 6.07. The predicted octanol–water partition coefficient (Wildman–Crippen LogP) is 2.01. The number of piperidine rings is 1. The number of benzene rings is 1. The van der Waals surface area contributed by atoms with Gasteiger partial charge in [-0.25, -0.2) is 4.79 Å². The third-order valence-corrected chi connectivity index (χ3v) is 4.66. The lowest BCUT2D eigenvalue weighted by Crippen LogP contribution is -2.47. The van der Waals surface area contributed by atoms with Crippen LogP contribution in [0.2, 0.25) is 0 Å². The number of nitrogens with one attached hydrogen (secondary N) is 1. The molecule has 0 radical (unpaired) electrons. The van der Waals surface area contributed by atoms with Gasteiger partial charge in [-0.15, -0.1) is 0 Å². The number of anilines is 1. The fourth-order valence-electron chi connectivity index (χ4n) is 3.27. The fourth-order valence-corrected chi connectivity index (χ4v) is 3.27. The van der Waals surface area contributed by atoms with E-state index in [2.05, 4.69) is 5.43 Å². The van der Waals surface area contributed by atoms with Gasteiger partial charge < -0.3 is 9.64 Å². The van der Waals surface area contributed by atoms with Crippen molar-refractivity contribution in [1.82, 2.24) is 9.91 Å². The summed E-state index contributed by atoms with van der Waals surface area (Å²) in [6.45, 7) is 2.94. The first-order chi connectivity index (χ1) is 11.6. The Labute approximate surface area is 140 Å². The third-order valence-electron chi connectivity index (χ3n) is 4.66. The lowest BCUT2D eigenvalue weighted by molar-refractivity contribution is -0.141. The van der Waals surface area contributed by atoms with Crippen LogP contribution in [0.5, 0.6) is 0 Å². The molecule has 1 aromatic carbocycles. The first-order valence-corrected chi connectivity index (χ1v) is 8.16. The Bertz CT molecular complexity index is 638. The van der Waals surface area contributed by atoms with Gasteiger partial charge in [0.2, 0.25) is 5.91 Å². The zero-order valence-electron chi connectivity index (χ0n) is 13.7. The monoisotopic (exact) mass is 331 g/mol. The van der Waals surface area contributed by atoms with Gasteiger partial charge in [-0.3, -0.25) is 15.0 Å². The summed E-state index contributed by atoms with van der Waals surface area (Å²) in [5.74, 6) is -0.437. The molecule has 2 aliphatic rings. The van der Waals surface area contributed by atoms with E-state index < -0.39 is 5.41 Å². The van der Waals surface area contributed by atoms with Crippen LogP contribution in [0.25, 0.3) is 0 Å². The minimum Gasteiger partial charge on any atom is -0.450 e. The van der Waals surface area contributed by atoms with E-state index in [0.29, 0.717) is 38.2 Å².